The maximum absolute atomic E-state index is 12.4. The van der Waals surface area contributed by atoms with Crippen molar-refractivity contribution in [3.63, 3.8) is 0 Å². The Hall–Kier alpha value is -0.950. The zero-order valence-electron chi connectivity index (χ0n) is 17.1. The van der Waals surface area contributed by atoms with E-state index in [0.29, 0.717) is 6.61 Å². The van der Waals surface area contributed by atoms with Crippen LogP contribution in [0.5, 0.6) is 0 Å². The number of hydrogen-bond donors (Lipinski definition) is 1. The fourth-order valence-corrected chi connectivity index (χ4v) is 4.58. The Balaban J connectivity index is 1.97. The largest absolute Gasteiger partial charge is 0.382 e. The average Bonchev–Trinajstić information content (AvgIpc) is 3.05. The SMILES string of the molecule is COC[C@H]1O[C@@H](n2ccc(=O)[nH]c2=O)[C@H](OP(=S)(OC)OC)[C@@H]1OC1CCCCO1. The molecule has 0 aliphatic carbocycles. The van der Waals surface area contributed by atoms with Gasteiger partial charge in [0.2, 0.25) is 0 Å². The molecule has 0 aromatic carbocycles. The first-order valence-electron chi connectivity index (χ1n) is 9.53. The molecule has 2 aliphatic rings. The van der Waals surface area contributed by atoms with Crippen molar-refractivity contribution in [1.29, 1.82) is 0 Å². The molecule has 2 saturated heterocycles. The number of nitrogens with one attached hydrogen (secondary N) is 1. The summed E-state index contributed by atoms with van der Waals surface area (Å²) in [4.78, 5) is 26.1. The van der Waals surface area contributed by atoms with Gasteiger partial charge in [0.25, 0.3) is 5.56 Å². The summed E-state index contributed by atoms with van der Waals surface area (Å²) < 4.78 is 41.1. The highest BCUT2D eigenvalue weighted by Crippen LogP contribution is 2.53. The summed E-state index contributed by atoms with van der Waals surface area (Å²) >= 11 is 5.38. The first-order chi connectivity index (χ1) is 14.4. The highest BCUT2D eigenvalue weighted by Gasteiger charge is 2.51. The molecule has 30 heavy (non-hydrogen) atoms. The molecule has 3 heterocycles. The molecular formula is C17H27N2O9PS. The van der Waals surface area contributed by atoms with Gasteiger partial charge >= 0.3 is 12.4 Å². The summed E-state index contributed by atoms with van der Waals surface area (Å²) in [6.07, 6.45) is 0.397. The van der Waals surface area contributed by atoms with Gasteiger partial charge in [0.15, 0.2) is 12.5 Å². The smallest absolute Gasteiger partial charge is 0.330 e. The van der Waals surface area contributed by atoms with E-state index in [4.69, 9.17) is 44.3 Å². The van der Waals surface area contributed by atoms with E-state index >= 15 is 0 Å². The van der Waals surface area contributed by atoms with Gasteiger partial charge < -0.3 is 28.0 Å². The molecule has 1 N–H and O–H groups in total. The second-order valence-corrected chi connectivity index (χ2v) is 9.99. The Morgan fingerprint density at radius 3 is 2.60 bits per heavy atom. The first-order valence-corrected chi connectivity index (χ1v) is 12.1. The fourth-order valence-electron chi connectivity index (χ4n) is 3.44. The van der Waals surface area contributed by atoms with Crippen molar-refractivity contribution >= 4 is 18.5 Å². The average molecular weight is 466 g/mol. The number of nitrogens with zero attached hydrogens (tertiary/aromatic N) is 1. The van der Waals surface area contributed by atoms with Gasteiger partial charge in [-0.05, 0) is 31.1 Å². The van der Waals surface area contributed by atoms with Crippen LogP contribution in [-0.2, 0) is 44.3 Å². The highest BCUT2D eigenvalue weighted by atomic mass is 32.5. The van der Waals surface area contributed by atoms with Gasteiger partial charge in [-0.3, -0.25) is 18.9 Å². The third kappa shape index (κ3) is 5.45. The minimum atomic E-state index is -3.14. The van der Waals surface area contributed by atoms with Crippen LogP contribution in [0, 0.1) is 0 Å². The lowest BCUT2D eigenvalue weighted by molar-refractivity contribution is -0.209. The van der Waals surface area contributed by atoms with Gasteiger partial charge in [-0.15, -0.1) is 0 Å². The summed E-state index contributed by atoms with van der Waals surface area (Å²) in [6, 6.07) is 1.22. The zero-order chi connectivity index (χ0) is 21.7. The molecule has 1 aromatic heterocycles. The third-order valence-electron chi connectivity index (χ3n) is 4.89. The van der Waals surface area contributed by atoms with Crippen LogP contribution in [0.15, 0.2) is 21.9 Å². The maximum atomic E-state index is 12.4. The van der Waals surface area contributed by atoms with Crippen LogP contribution in [0.2, 0.25) is 0 Å². The molecule has 2 fully saturated rings. The van der Waals surface area contributed by atoms with Gasteiger partial charge in [-0.2, -0.15) is 0 Å². The Labute approximate surface area is 178 Å². The van der Waals surface area contributed by atoms with Crippen LogP contribution in [0.4, 0.5) is 0 Å². The van der Waals surface area contributed by atoms with Crippen LogP contribution in [0.3, 0.4) is 0 Å². The number of aromatic nitrogens is 2. The standard InChI is InChI=1S/C17H27N2O9PS/c1-22-10-11-14(27-13-6-4-5-9-25-13)15(28-29(30,23-2)24-3)16(26-11)19-8-7-12(20)18-17(19)21/h7-8,11,13-16H,4-6,9-10H2,1-3H3,(H,18,20,21)/t11-,13?,14-,15-,16-/m1/s1. The number of methoxy groups -OCH3 is 1. The Kier molecular flexibility index (Phi) is 8.36. The number of ether oxygens (including phenoxy) is 4. The molecule has 170 valence electrons. The number of H-pyrrole nitrogens is 1. The van der Waals surface area contributed by atoms with Gasteiger partial charge in [0.1, 0.15) is 18.3 Å². The Morgan fingerprint density at radius 2 is 2.00 bits per heavy atom. The predicted molar refractivity (Wildman–Crippen MR) is 109 cm³/mol. The third-order valence-corrected chi connectivity index (χ3v) is 7.44. The molecule has 0 spiro atoms. The van der Waals surface area contributed by atoms with Crippen LogP contribution >= 0.6 is 6.72 Å². The van der Waals surface area contributed by atoms with Crippen molar-refractivity contribution in [3.8, 4) is 0 Å². The van der Waals surface area contributed by atoms with Crippen molar-refractivity contribution in [2.45, 2.75) is 50.1 Å². The van der Waals surface area contributed by atoms with Gasteiger partial charge in [0, 0.05) is 40.2 Å². The Bertz CT molecular complexity index is 848. The molecule has 11 nitrogen and oxygen atoms in total. The minimum Gasteiger partial charge on any atom is -0.382 e. The first kappa shape index (κ1) is 23.7. The summed E-state index contributed by atoms with van der Waals surface area (Å²) in [6.45, 7) is -2.38. The molecule has 1 aromatic rings. The molecule has 0 bridgehead atoms. The van der Waals surface area contributed by atoms with Crippen molar-refractivity contribution in [2.75, 3.05) is 34.5 Å². The van der Waals surface area contributed by atoms with E-state index in [-0.39, 0.29) is 6.61 Å². The molecule has 2 aliphatic heterocycles. The molecule has 1 unspecified atom stereocenters. The summed E-state index contributed by atoms with van der Waals surface area (Å²) in [5, 5.41) is 0. The summed E-state index contributed by atoms with van der Waals surface area (Å²) in [5.74, 6) is 0. The lowest BCUT2D eigenvalue weighted by Crippen LogP contribution is -2.43. The topological polar surface area (TPSA) is 119 Å². The van der Waals surface area contributed by atoms with E-state index in [9.17, 15) is 9.59 Å². The molecule has 5 atom stereocenters. The highest BCUT2D eigenvalue weighted by molar-refractivity contribution is 8.07. The molecule has 13 heteroatoms. The van der Waals surface area contributed by atoms with E-state index in [1.54, 1.807) is 0 Å². The number of rotatable bonds is 9. The molecule has 0 amide bonds. The van der Waals surface area contributed by atoms with Crippen molar-refractivity contribution < 1.29 is 32.5 Å². The van der Waals surface area contributed by atoms with Crippen LogP contribution in [-0.4, -0.2) is 68.7 Å². The normalized spacial score (nSPS) is 29.9. The maximum Gasteiger partial charge on any atom is 0.330 e. The van der Waals surface area contributed by atoms with E-state index in [1.165, 1.54) is 38.2 Å². The number of hydrogen-bond acceptors (Lipinski definition) is 10. The van der Waals surface area contributed by atoms with E-state index in [1.807, 2.05) is 0 Å². The van der Waals surface area contributed by atoms with E-state index in [2.05, 4.69) is 4.98 Å². The zero-order valence-corrected chi connectivity index (χ0v) is 18.8. The van der Waals surface area contributed by atoms with Gasteiger partial charge in [0.05, 0.1) is 6.61 Å². The molecule has 3 rings (SSSR count). The lowest BCUT2D eigenvalue weighted by Gasteiger charge is -2.32. The quantitative estimate of drug-likeness (QED) is 0.526. The summed E-state index contributed by atoms with van der Waals surface area (Å²) in [7, 11) is 4.30. The van der Waals surface area contributed by atoms with Crippen LogP contribution < -0.4 is 11.2 Å². The van der Waals surface area contributed by atoms with Crippen molar-refractivity contribution in [1.82, 2.24) is 9.55 Å². The van der Waals surface area contributed by atoms with E-state index in [0.717, 1.165) is 19.3 Å². The summed E-state index contributed by atoms with van der Waals surface area (Å²) in [5.41, 5.74) is -1.18. The van der Waals surface area contributed by atoms with Gasteiger partial charge in [-0.25, -0.2) is 4.79 Å². The number of aromatic amines is 1. The van der Waals surface area contributed by atoms with Crippen molar-refractivity contribution in [3.05, 3.63) is 33.1 Å². The van der Waals surface area contributed by atoms with Gasteiger partial charge in [-0.1, -0.05) is 0 Å². The fraction of sp³-hybridized carbons (Fsp3) is 0.765. The molecule has 0 saturated carbocycles. The molecular weight excluding hydrogens is 439 g/mol. The predicted octanol–water partition coefficient (Wildman–Crippen LogP) is 0.895. The minimum absolute atomic E-state index is 0.175. The lowest BCUT2D eigenvalue weighted by atomic mass is 10.1. The monoisotopic (exact) mass is 466 g/mol. The van der Waals surface area contributed by atoms with Crippen molar-refractivity contribution in [2.24, 2.45) is 0 Å². The van der Waals surface area contributed by atoms with Crippen LogP contribution in [0.1, 0.15) is 25.5 Å². The second kappa shape index (κ2) is 10.6. The second-order valence-electron chi connectivity index (χ2n) is 6.82. The van der Waals surface area contributed by atoms with E-state index < -0.39 is 48.8 Å². The molecule has 0 radical (unpaired) electrons. The van der Waals surface area contributed by atoms with Crippen LogP contribution in [0.25, 0.3) is 0 Å². The Morgan fingerprint density at radius 1 is 1.23 bits per heavy atom.